The zero-order valence-electron chi connectivity index (χ0n) is 19.3. The number of β-lactam (4-membered cyclic amide) rings is 1. The first-order valence-electron chi connectivity index (χ1n) is 11.6. The molecule has 0 bridgehead atoms. The summed E-state index contributed by atoms with van der Waals surface area (Å²) in [5.41, 5.74) is 1.89. The number of carbonyl (C=O) groups is 1. The molecule has 3 aromatic rings. The second-order valence-corrected chi connectivity index (χ2v) is 9.35. The fraction of sp³-hybridized carbons (Fsp3) is 0.321. The molecule has 4 nitrogen and oxygen atoms in total. The van der Waals surface area contributed by atoms with Crippen molar-refractivity contribution in [3.8, 4) is 11.5 Å². The van der Waals surface area contributed by atoms with Crippen LogP contribution in [-0.2, 0) is 4.79 Å². The fourth-order valence-electron chi connectivity index (χ4n) is 4.06. The molecule has 0 aromatic heterocycles. The summed E-state index contributed by atoms with van der Waals surface area (Å²) in [7, 11) is 1.64. The number of unbranched alkanes of at least 4 members (excludes halogenated alkanes) is 3. The first kappa shape index (κ1) is 23.2. The van der Waals surface area contributed by atoms with Gasteiger partial charge in [0.05, 0.1) is 7.11 Å². The predicted molar refractivity (Wildman–Crippen MR) is 135 cm³/mol. The molecule has 4 rings (SSSR count). The Morgan fingerprint density at radius 2 is 1.55 bits per heavy atom. The third-order valence-electron chi connectivity index (χ3n) is 5.89. The van der Waals surface area contributed by atoms with E-state index in [0.717, 1.165) is 28.5 Å². The van der Waals surface area contributed by atoms with Gasteiger partial charge in [-0.15, -0.1) is 11.8 Å². The lowest BCUT2D eigenvalue weighted by Crippen LogP contribution is -2.61. The topological polar surface area (TPSA) is 38.8 Å². The van der Waals surface area contributed by atoms with Crippen LogP contribution in [-0.4, -0.2) is 24.9 Å². The lowest BCUT2D eigenvalue weighted by molar-refractivity contribution is -0.135. The number of carbonyl (C=O) groups excluding carboxylic acids is 1. The molecule has 0 aliphatic carbocycles. The molecule has 3 aromatic carbocycles. The molecule has 1 heterocycles. The lowest BCUT2D eigenvalue weighted by atomic mass is 9.89. The number of nitrogens with zero attached hydrogens (tertiary/aromatic N) is 1. The minimum absolute atomic E-state index is 0.0385. The highest BCUT2D eigenvalue weighted by atomic mass is 32.2. The van der Waals surface area contributed by atoms with Crippen LogP contribution in [0, 0.1) is 0 Å². The third-order valence-corrected chi connectivity index (χ3v) is 6.99. The minimum Gasteiger partial charge on any atom is -0.497 e. The van der Waals surface area contributed by atoms with Gasteiger partial charge in [0.15, 0.2) is 0 Å². The highest BCUT2D eigenvalue weighted by Gasteiger charge is 2.51. The van der Waals surface area contributed by atoms with Crippen molar-refractivity contribution in [2.24, 2.45) is 0 Å². The zero-order valence-corrected chi connectivity index (χ0v) is 20.1. The molecule has 1 aliphatic rings. The largest absolute Gasteiger partial charge is 0.497 e. The zero-order chi connectivity index (χ0) is 23.0. The summed E-state index contributed by atoms with van der Waals surface area (Å²) >= 11 is 1.88. The number of ether oxygens (including phenoxy) is 2. The Kier molecular flexibility index (Phi) is 7.95. The quantitative estimate of drug-likeness (QED) is 0.177. The van der Waals surface area contributed by atoms with Crippen LogP contribution in [0.2, 0.25) is 0 Å². The number of hydrogen-bond acceptors (Lipinski definition) is 4. The molecule has 1 saturated heterocycles. The van der Waals surface area contributed by atoms with Crippen molar-refractivity contribution >= 4 is 23.4 Å². The van der Waals surface area contributed by atoms with E-state index in [1.165, 1.54) is 30.6 Å². The molecule has 1 fully saturated rings. The molecular weight excluding hydrogens is 430 g/mol. The Morgan fingerprint density at radius 1 is 0.848 bits per heavy atom. The maximum absolute atomic E-state index is 13.2. The number of methoxy groups -OCH3 is 1. The monoisotopic (exact) mass is 461 g/mol. The van der Waals surface area contributed by atoms with Gasteiger partial charge in [-0.2, -0.15) is 0 Å². The Bertz CT molecular complexity index is 1020. The van der Waals surface area contributed by atoms with Crippen LogP contribution in [0.15, 0.2) is 83.8 Å². The molecule has 172 valence electrons. The van der Waals surface area contributed by atoms with Gasteiger partial charge >= 0.3 is 0 Å². The first-order valence-corrected chi connectivity index (χ1v) is 12.6. The van der Waals surface area contributed by atoms with Gasteiger partial charge in [0.2, 0.25) is 6.10 Å². The van der Waals surface area contributed by atoms with E-state index in [9.17, 15) is 4.79 Å². The van der Waals surface area contributed by atoms with Gasteiger partial charge in [-0.3, -0.25) is 9.69 Å². The van der Waals surface area contributed by atoms with E-state index in [0.29, 0.717) is 0 Å². The standard InChI is InChI=1S/C28H31NO3S/c1-3-4-5-9-20-33-25-18-16-24(17-19-25)32-27-26(21-10-7-6-8-11-21)29(28(27)30)22-12-14-23(31-2)15-13-22/h6-8,10-19,26-27H,3-5,9,20H2,1-2H3. The molecule has 0 N–H and O–H groups in total. The van der Waals surface area contributed by atoms with Crippen molar-refractivity contribution in [3.63, 3.8) is 0 Å². The van der Waals surface area contributed by atoms with E-state index in [2.05, 4.69) is 19.1 Å². The van der Waals surface area contributed by atoms with E-state index in [1.807, 2.05) is 78.5 Å². The van der Waals surface area contributed by atoms with Crippen LogP contribution < -0.4 is 14.4 Å². The fourth-order valence-corrected chi connectivity index (χ4v) is 4.97. The van der Waals surface area contributed by atoms with Gasteiger partial charge in [0.25, 0.3) is 5.91 Å². The number of thioether (sulfide) groups is 1. The number of amides is 1. The molecule has 2 unspecified atom stereocenters. The number of hydrogen-bond donors (Lipinski definition) is 0. The van der Waals surface area contributed by atoms with Gasteiger partial charge in [-0.05, 0) is 66.3 Å². The highest BCUT2D eigenvalue weighted by molar-refractivity contribution is 7.99. The second kappa shape index (κ2) is 11.3. The van der Waals surface area contributed by atoms with Crippen LogP contribution in [0.25, 0.3) is 0 Å². The van der Waals surface area contributed by atoms with Gasteiger partial charge in [-0.25, -0.2) is 0 Å². The van der Waals surface area contributed by atoms with E-state index >= 15 is 0 Å². The van der Waals surface area contributed by atoms with Crippen LogP contribution in [0.5, 0.6) is 11.5 Å². The van der Waals surface area contributed by atoms with Crippen molar-refractivity contribution in [1.82, 2.24) is 0 Å². The van der Waals surface area contributed by atoms with Crippen molar-refractivity contribution in [1.29, 1.82) is 0 Å². The molecule has 33 heavy (non-hydrogen) atoms. The molecule has 2 atom stereocenters. The second-order valence-electron chi connectivity index (χ2n) is 8.18. The summed E-state index contributed by atoms with van der Waals surface area (Å²) in [6.45, 7) is 2.23. The third kappa shape index (κ3) is 5.53. The van der Waals surface area contributed by atoms with Gasteiger partial charge < -0.3 is 9.47 Å². The highest BCUT2D eigenvalue weighted by Crippen LogP contribution is 2.41. The van der Waals surface area contributed by atoms with Crippen molar-refractivity contribution in [3.05, 3.63) is 84.4 Å². The van der Waals surface area contributed by atoms with Crippen LogP contribution in [0.4, 0.5) is 5.69 Å². The Morgan fingerprint density at radius 3 is 2.21 bits per heavy atom. The number of rotatable bonds is 11. The molecular formula is C28H31NO3S. The van der Waals surface area contributed by atoms with Gasteiger partial charge in [-0.1, -0.05) is 56.5 Å². The SMILES string of the molecule is CCCCCCSc1ccc(OC2C(=O)N(c3ccc(OC)cc3)C2c2ccccc2)cc1. The van der Waals surface area contributed by atoms with E-state index in [1.54, 1.807) is 12.0 Å². The van der Waals surface area contributed by atoms with Crippen LogP contribution in [0.3, 0.4) is 0 Å². The first-order chi connectivity index (χ1) is 16.2. The van der Waals surface area contributed by atoms with Crippen LogP contribution >= 0.6 is 11.8 Å². The summed E-state index contributed by atoms with van der Waals surface area (Å²) in [5, 5.41) is 0. The maximum atomic E-state index is 13.2. The van der Waals surface area contributed by atoms with E-state index in [-0.39, 0.29) is 11.9 Å². The summed E-state index contributed by atoms with van der Waals surface area (Å²) in [4.78, 5) is 16.2. The molecule has 1 aliphatic heterocycles. The van der Waals surface area contributed by atoms with Crippen molar-refractivity contribution in [2.45, 2.75) is 49.6 Å². The lowest BCUT2D eigenvalue weighted by Gasteiger charge is -2.46. The predicted octanol–water partition coefficient (Wildman–Crippen LogP) is 6.90. The molecule has 1 amide bonds. The van der Waals surface area contributed by atoms with Crippen molar-refractivity contribution in [2.75, 3.05) is 17.8 Å². The summed E-state index contributed by atoms with van der Waals surface area (Å²) in [6.07, 6.45) is 4.55. The van der Waals surface area contributed by atoms with E-state index < -0.39 is 6.10 Å². The summed E-state index contributed by atoms with van der Waals surface area (Å²) in [5.74, 6) is 2.58. The number of anilines is 1. The summed E-state index contributed by atoms with van der Waals surface area (Å²) < 4.78 is 11.5. The minimum atomic E-state index is -0.554. The Balaban J connectivity index is 1.45. The van der Waals surface area contributed by atoms with Crippen LogP contribution in [0.1, 0.15) is 44.2 Å². The Labute approximate surface area is 200 Å². The molecule has 0 spiro atoms. The normalized spacial score (nSPS) is 17.5. The molecule has 5 heteroatoms. The summed E-state index contributed by atoms with van der Waals surface area (Å²) in [6, 6.07) is 25.6. The average molecular weight is 462 g/mol. The average Bonchev–Trinajstić information content (AvgIpc) is 2.87. The smallest absolute Gasteiger partial charge is 0.271 e. The Hall–Kier alpha value is -2.92. The maximum Gasteiger partial charge on any atom is 0.271 e. The van der Waals surface area contributed by atoms with E-state index in [4.69, 9.17) is 9.47 Å². The van der Waals surface area contributed by atoms with Gasteiger partial charge in [0, 0.05) is 10.6 Å². The molecule has 0 saturated carbocycles. The van der Waals surface area contributed by atoms with Gasteiger partial charge in [0.1, 0.15) is 17.5 Å². The molecule has 0 radical (unpaired) electrons. The number of benzene rings is 3. The van der Waals surface area contributed by atoms with Crippen molar-refractivity contribution < 1.29 is 14.3 Å².